The van der Waals surface area contributed by atoms with Gasteiger partial charge in [0.25, 0.3) is 0 Å². The molecule has 1 aromatic carbocycles. The molecule has 2 aromatic rings. The molecular formula is C10H8N4. The minimum atomic E-state index is 0.403. The molecule has 0 atom stereocenters. The van der Waals surface area contributed by atoms with Crippen LogP contribution in [0.1, 0.15) is 0 Å². The van der Waals surface area contributed by atoms with E-state index in [1.165, 1.54) is 0 Å². The summed E-state index contributed by atoms with van der Waals surface area (Å²) >= 11 is 0. The molecule has 0 unspecified atom stereocenters. The molecule has 1 N–H and O–H groups in total. The molecule has 0 fully saturated rings. The molecule has 1 aromatic heterocycles. The molecule has 1 heterocycles. The molecule has 68 valence electrons. The maximum atomic E-state index is 5.10. The molecule has 4 heteroatoms. The van der Waals surface area contributed by atoms with Gasteiger partial charge in [0.15, 0.2) is 0 Å². The molecule has 14 heavy (non-hydrogen) atoms. The van der Waals surface area contributed by atoms with E-state index in [9.17, 15) is 0 Å². The molecule has 0 aliphatic carbocycles. The van der Waals surface area contributed by atoms with Crippen molar-refractivity contribution in [2.45, 2.75) is 0 Å². The number of benzene rings is 1. The van der Waals surface area contributed by atoms with Crippen LogP contribution in [0.4, 0.5) is 5.95 Å². The lowest BCUT2D eigenvalue weighted by Crippen LogP contribution is -2.04. The Morgan fingerprint density at radius 3 is 2.79 bits per heavy atom. The number of hydrogen-bond donors (Lipinski definition) is 1. The van der Waals surface area contributed by atoms with E-state index in [2.05, 4.69) is 26.4 Å². The van der Waals surface area contributed by atoms with Crippen molar-refractivity contribution in [1.82, 2.24) is 15.2 Å². The number of nitrogens with one attached hydrogen (secondary N) is 1. The maximum absolute atomic E-state index is 5.10. The largest absolute Gasteiger partial charge is 0.342 e. The van der Waals surface area contributed by atoms with Crippen molar-refractivity contribution in [2.75, 3.05) is 11.9 Å². The smallest absolute Gasteiger partial charge is 0.244 e. The molecule has 0 aliphatic rings. The van der Waals surface area contributed by atoms with Gasteiger partial charge < -0.3 is 5.32 Å². The number of anilines is 1. The SMILES string of the molecule is C#CCNc1nnc2ccccc2n1. The molecule has 0 aliphatic heterocycles. The standard InChI is InChI=1S/C10H8N4/c1-2-7-11-10-12-8-5-3-4-6-9(8)13-14-10/h1,3-6H,7H2,(H,11,12,14). The predicted molar refractivity (Wildman–Crippen MR) is 54.7 cm³/mol. The van der Waals surface area contributed by atoms with Gasteiger partial charge in [-0.1, -0.05) is 18.1 Å². The average molecular weight is 184 g/mol. The lowest BCUT2D eigenvalue weighted by molar-refractivity contribution is 1.01. The average Bonchev–Trinajstić information content (AvgIpc) is 2.26. The first-order valence-electron chi connectivity index (χ1n) is 4.17. The molecule has 0 spiro atoms. The van der Waals surface area contributed by atoms with Crippen molar-refractivity contribution in [3.63, 3.8) is 0 Å². The fourth-order valence-electron chi connectivity index (χ4n) is 1.09. The van der Waals surface area contributed by atoms with Crippen LogP contribution in [0.5, 0.6) is 0 Å². The molecule has 2 rings (SSSR count). The van der Waals surface area contributed by atoms with E-state index >= 15 is 0 Å². The molecule has 0 radical (unpaired) electrons. The second kappa shape index (κ2) is 3.71. The first-order valence-corrected chi connectivity index (χ1v) is 4.17. The molecule has 0 saturated heterocycles. The number of fused-ring (bicyclic) bond motifs is 1. The minimum Gasteiger partial charge on any atom is -0.342 e. The third-order valence-corrected chi connectivity index (χ3v) is 1.71. The van der Waals surface area contributed by atoms with Gasteiger partial charge in [0.2, 0.25) is 5.95 Å². The zero-order valence-electron chi connectivity index (χ0n) is 7.44. The second-order valence-electron chi connectivity index (χ2n) is 2.68. The van der Waals surface area contributed by atoms with Crippen molar-refractivity contribution in [3.8, 4) is 12.3 Å². The maximum Gasteiger partial charge on any atom is 0.244 e. The Labute approximate surface area is 81.4 Å². The fraction of sp³-hybridized carbons (Fsp3) is 0.100. The van der Waals surface area contributed by atoms with Crippen molar-refractivity contribution in [1.29, 1.82) is 0 Å². The monoisotopic (exact) mass is 184 g/mol. The predicted octanol–water partition coefficient (Wildman–Crippen LogP) is 1.07. The Balaban J connectivity index is 2.37. The van der Waals surface area contributed by atoms with Gasteiger partial charge in [0.05, 0.1) is 12.1 Å². The minimum absolute atomic E-state index is 0.403. The van der Waals surface area contributed by atoms with Gasteiger partial charge in [0.1, 0.15) is 5.52 Å². The van der Waals surface area contributed by atoms with Gasteiger partial charge >= 0.3 is 0 Å². The van der Waals surface area contributed by atoms with E-state index in [4.69, 9.17) is 6.42 Å². The van der Waals surface area contributed by atoms with Gasteiger partial charge in [0, 0.05) is 0 Å². The summed E-state index contributed by atoms with van der Waals surface area (Å²) < 4.78 is 0. The van der Waals surface area contributed by atoms with Crippen molar-refractivity contribution in [3.05, 3.63) is 24.3 Å². The van der Waals surface area contributed by atoms with Gasteiger partial charge in [-0.3, -0.25) is 0 Å². The Hall–Kier alpha value is -2.15. The number of nitrogens with zero attached hydrogens (tertiary/aromatic N) is 3. The first-order chi connectivity index (χ1) is 6.90. The van der Waals surface area contributed by atoms with E-state index in [0.29, 0.717) is 12.5 Å². The summed E-state index contributed by atoms with van der Waals surface area (Å²) in [5.41, 5.74) is 1.58. The topological polar surface area (TPSA) is 50.7 Å². The van der Waals surface area contributed by atoms with E-state index in [-0.39, 0.29) is 0 Å². The van der Waals surface area contributed by atoms with Crippen LogP contribution in [0.25, 0.3) is 11.0 Å². The van der Waals surface area contributed by atoms with Crippen LogP contribution >= 0.6 is 0 Å². The first kappa shape index (κ1) is 8.45. The van der Waals surface area contributed by atoms with Crippen molar-refractivity contribution >= 4 is 17.0 Å². The van der Waals surface area contributed by atoms with Gasteiger partial charge in [-0.25, -0.2) is 4.98 Å². The second-order valence-corrected chi connectivity index (χ2v) is 2.68. The van der Waals surface area contributed by atoms with Crippen molar-refractivity contribution in [2.24, 2.45) is 0 Å². The number of hydrogen-bond acceptors (Lipinski definition) is 4. The summed E-state index contributed by atoms with van der Waals surface area (Å²) in [7, 11) is 0. The van der Waals surface area contributed by atoms with E-state index in [0.717, 1.165) is 11.0 Å². The molecule has 4 nitrogen and oxygen atoms in total. The van der Waals surface area contributed by atoms with Crippen LogP contribution in [-0.2, 0) is 0 Å². The van der Waals surface area contributed by atoms with E-state index in [1.807, 2.05) is 24.3 Å². The quantitative estimate of drug-likeness (QED) is 0.709. The van der Waals surface area contributed by atoms with Crippen LogP contribution < -0.4 is 5.32 Å². The lowest BCUT2D eigenvalue weighted by Gasteiger charge is -2.00. The number of terminal acetylenes is 1. The highest BCUT2D eigenvalue weighted by Gasteiger charge is 1.98. The number of para-hydroxylation sites is 1. The summed E-state index contributed by atoms with van der Waals surface area (Å²) in [5.74, 6) is 2.91. The Morgan fingerprint density at radius 1 is 1.21 bits per heavy atom. The van der Waals surface area contributed by atoms with E-state index < -0.39 is 0 Å². The zero-order chi connectivity index (χ0) is 9.80. The van der Waals surface area contributed by atoms with Crippen molar-refractivity contribution < 1.29 is 0 Å². The van der Waals surface area contributed by atoms with Crippen LogP contribution in [-0.4, -0.2) is 21.7 Å². The van der Waals surface area contributed by atoms with E-state index in [1.54, 1.807) is 0 Å². The number of aromatic nitrogens is 3. The third kappa shape index (κ3) is 1.62. The zero-order valence-corrected chi connectivity index (χ0v) is 7.44. The molecular weight excluding hydrogens is 176 g/mol. The van der Waals surface area contributed by atoms with Crippen LogP contribution in [0.2, 0.25) is 0 Å². The normalized spacial score (nSPS) is 9.64. The van der Waals surface area contributed by atoms with Gasteiger partial charge in [-0.15, -0.1) is 16.6 Å². The summed E-state index contributed by atoms with van der Waals surface area (Å²) in [4.78, 5) is 4.23. The highest BCUT2D eigenvalue weighted by molar-refractivity contribution is 5.74. The van der Waals surface area contributed by atoms with Gasteiger partial charge in [-0.2, -0.15) is 0 Å². The Bertz CT molecular complexity index is 487. The molecule has 0 amide bonds. The summed E-state index contributed by atoms with van der Waals surface area (Å²) in [6.45, 7) is 0.403. The summed E-state index contributed by atoms with van der Waals surface area (Å²) in [6, 6.07) is 7.54. The number of rotatable bonds is 2. The van der Waals surface area contributed by atoms with Crippen LogP contribution in [0.3, 0.4) is 0 Å². The third-order valence-electron chi connectivity index (χ3n) is 1.71. The summed E-state index contributed by atoms with van der Waals surface area (Å²) in [6.07, 6.45) is 5.10. The van der Waals surface area contributed by atoms with Gasteiger partial charge in [-0.05, 0) is 12.1 Å². The Kier molecular flexibility index (Phi) is 2.24. The summed E-state index contributed by atoms with van der Waals surface area (Å²) in [5, 5.41) is 10.7. The fourth-order valence-corrected chi connectivity index (χ4v) is 1.09. The highest BCUT2D eigenvalue weighted by Crippen LogP contribution is 2.08. The molecule has 0 saturated carbocycles. The highest BCUT2D eigenvalue weighted by atomic mass is 15.2. The molecule has 0 bridgehead atoms. The van der Waals surface area contributed by atoms with Crippen LogP contribution in [0.15, 0.2) is 24.3 Å². The lowest BCUT2D eigenvalue weighted by atomic mass is 10.3. The van der Waals surface area contributed by atoms with Crippen LogP contribution in [0, 0.1) is 12.3 Å². The Morgan fingerprint density at radius 2 is 2.00 bits per heavy atom.